The molecule has 3 aromatic rings. The van der Waals surface area contributed by atoms with Crippen LogP contribution in [0, 0.1) is 0 Å². The molecule has 9 heteroatoms. The molecule has 0 bridgehead atoms. The average molecular weight is 431 g/mol. The fourth-order valence-electron chi connectivity index (χ4n) is 2.71. The minimum absolute atomic E-state index is 0.376. The van der Waals surface area contributed by atoms with Gasteiger partial charge < -0.3 is 20.1 Å². The van der Waals surface area contributed by atoms with Gasteiger partial charge >= 0.3 is 5.97 Å². The number of thiocarbonyl (C=S) groups is 1. The van der Waals surface area contributed by atoms with Crippen LogP contribution in [0.2, 0.25) is 0 Å². The van der Waals surface area contributed by atoms with Crippen molar-refractivity contribution in [2.24, 2.45) is 0 Å². The van der Waals surface area contributed by atoms with Gasteiger partial charge in [-0.1, -0.05) is 19.1 Å². The van der Waals surface area contributed by atoms with E-state index in [0.29, 0.717) is 22.2 Å². The number of benzene rings is 1. The molecule has 2 heterocycles. The first-order valence-corrected chi connectivity index (χ1v) is 10.2. The summed E-state index contributed by atoms with van der Waals surface area (Å²) in [6, 6.07) is 9.66. The molecule has 0 saturated heterocycles. The van der Waals surface area contributed by atoms with E-state index >= 15 is 0 Å². The Hall–Kier alpha value is -2.91. The zero-order valence-electron chi connectivity index (χ0n) is 16.4. The van der Waals surface area contributed by atoms with Crippen molar-refractivity contribution in [3.63, 3.8) is 0 Å². The maximum atomic E-state index is 12.0. The number of rotatable bonds is 7. The number of hydrogen-bond donors (Lipinski definition) is 2. The van der Waals surface area contributed by atoms with Crippen molar-refractivity contribution < 1.29 is 14.3 Å². The maximum absolute atomic E-state index is 12.0. The summed E-state index contributed by atoms with van der Waals surface area (Å²) in [4.78, 5) is 13.1. The normalized spacial score (nSPS) is 10.4. The quantitative estimate of drug-likeness (QED) is 0.430. The highest BCUT2D eigenvalue weighted by Gasteiger charge is 2.17. The van der Waals surface area contributed by atoms with Crippen LogP contribution in [0.5, 0.6) is 5.75 Å². The highest BCUT2D eigenvalue weighted by Crippen LogP contribution is 2.29. The van der Waals surface area contributed by atoms with Crippen LogP contribution in [0.4, 0.5) is 10.7 Å². The van der Waals surface area contributed by atoms with Crippen LogP contribution in [0.3, 0.4) is 0 Å². The first kappa shape index (κ1) is 20.8. The molecule has 0 atom stereocenters. The van der Waals surface area contributed by atoms with E-state index in [9.17, 15) is 4.79 Å². The number of carbonyl (C=O) groups is 1. The Morgan fingerprint density at radius 2 is 2.10 bits per heavy atom. The Bertz CT molecular complexity index is 1010. The second-order valence-electron chi connectivity index (χ2n) is 6.16. The molecule has 0 aliphatic carbocycles. The van der Waals surface area contributed by atoms with E-state index in [4.69, 9.17) is 21.7 Å². The third-order valence-corrected chi connectivity index (χ3v) is 5.53. The molecule has 7 nitrogen and oxygen atoms in total. The molecule has 2 aromatic heterocycles. The fraction of sp³-hybridized carbons (Fsp3) is 0.250. The van der Waals surface area contributed by atoms with Crippen LogP contribution < -0.4 is 15.4 Å². The van der Waals surface area contributed by atoms with Gasteiger partial charge in [0, 0.05) is 11.1 Å². The topological polar surface area (TPSA) is 77.4 Å². The number of ether oxygens (including phenoxy) is 2. The van der Waals surface area contributed by atoms with E-state index in [1.54, 1.807) is 18.0 Å². The van der Waals surface area contributed by atoms with Crippen molar-refractivity contribution in [3.05, 3.63) is 58.7 Å². The third-order valence-electron chi connectivity index (χ3n) is 4.13. The molecule has 2 N–H and O–H groups in total. The van der Waals surface area contributed by atoms with Gasteiger partial charge in [-0.05, 0) is 42.4 Å². The van der Waals surface area contributed by atoms with E-state index < -0.39 is 5.97 Å². The number of esters is 1. The number of anilines is 2. The molecule has 0 amide bonds. The molecular formula is C20H22N4O3S2. The predicted molar refractivity (Wildman–Crippen MR) is 119 cm³/mol. The Labute approximate surface area is 178 Å². The van der Waals surface area contributed by atoms with Gasteiger partial charge in [0.2, 0.25) is 0 Å². The molecule has 0 aliphatic heterocycles. The van der Waals surface area contributed by atoms with Gasteiger partial charge in [0.25, 0.3) is 0 Å². The molecule has 0 radical (unpaired) electrons. The summed E-state index contributed by atoms with van der Waals surface area (Å²) in [5.41, 5.74) is 2.30. The van der Waals surface area contributed by atoms with Crippen LogP contribution in [-0.2, 0) is 17.7 Å². The van der Waals surface area contributed by atoms with Crippen LogP contribution in [0.15, 0.2) is 42.7 Å². The van der Waals surface area contributed by atoms with Gasteiger partial charge in [-0.15, -0.1) is 11.3 Å². The smallest absolute Gasteiger partial charge is 0.340 e. The van der Waals surface area contributed by atoms with Crippen LogP contribution in [0.25, 0.3) is 0 Å². The first-order valence-electron chi connectivity index (χ1n) is 8.96. The maximum Gasteiger partial charge on any atom is 0.340 e. The Morgan fingerprint density at radius 1 is 1.28 bits per heavy atom. The van der Waals surface area contributed by atoms with E-state index in [0.717, 1.165) is 28.3 Å². The predicted octanol–water partition coefficient (Wildman–Crippen LogP) is 4.16. The molecule has 152 valence electrons. The summed E-state index contributed by atoms with van der Waals surface area (Å²) < 4.78 is 11.9. The number of hydrogen-bond acceptors (Lipinski definition) is 6. The van der Waals surface area contributed by atoms with Crippen molar-refractivity contribution in [2.75, 3.05) is 24.9 Å². The number of nitrogens with zero attached hydrogens (tertiary/aromatic N) is 2. The third kappa shape index (κ3) is 5.33. The summed E-state index contributed by atoms with van der Waals surface area (Å²) in [5.74, 6) is 0.416. The van der Waals surface area contributed by atoms with Gasteiger partial charge in [0.05, 0.1) is 38.2 Å². The highest BCUT2D eigenvalue weighted by atomic mass is 32.1. The zero-order chi connectivity index (χ0) is 20.8. The molecule has 0 saturated carbocycles. The van der Waals surface area contributed by atoms with Crippen LogP contribution >= 0.6 is 23.6 Å². The van der Waals surface area contributed by atoms with Crippen molar-refractivity contribution in [2.45, 2.75) is 19.9 Å². The van der Waals surface area contributed by atoms with Crippen molar-refractivity contribution >= 4 is 45.3 Å². The van der Waals surface area contributed by atoms with Crippen LogP contribution in [-0.4, -0.2) is 35.1 Å². The van der Waals surface area contributed by atoms with Crippen molar-refractivity contribution in [1.29, 1.82) is 0 Å². The molecule has 3 rings (SSSR count). The summed E-state index contributed by atoms with van der Waals surface area (Å²) >= 11 is 6.88. The number of carbonyl (C=O) groups excluding carboxylic acids is 1. The Kier molecular flexibility index (Phi) is 6.84. The number of nitrogens with one attached hydrogen (secondary N) is 2. The molecule has 0 unspecified atom stereocenters. The monoisotopic (exact) mass is 430 g/mol. The summed E-state index contributed by atoms with van der Waals surface area (Å²) in [5, 5.41) is 11.6. The van der Waals surface area contributed by atoms with Gasteiger partial charge in [-0.2, -0.15) is 5.10 Å². The second kappa shape index (κ2) is 9.53. The number of aryl methyl sites for hydroxylation is 1. The first-order chi connectivity index (χ1) is 14.0. The lowest BCUT2D eigenvalue weighted by atomic mass is 10.2. The van der Waals surface area contributed by atoms with Crippen molar-refractivity contribution in [1.82, 2.24) is 9.78 Å². The lowest BCUT2D eigenvalue weighted by Crippen LogP contribution is -2.19. The highest BCUT2D eigenvalue weighted by molar-refractivity contribution is 7.80. The summed E-state index contributed by atoms with van der Waals surface area (Å²) in [6.07, 6.45) is 4.38. The van der Waals surface area contributed by atoms with Gasteiger partial charge in [0.1, 0.15) is 10.8 Å². The van der Waals surface area contributed by atoms with Gasteiger partial charge in [0.15, 0.2) is 5.11 Å². The zero-order valence-corrected chi connectivity index (χ0v) is 18.0. The number of thiophene rings is 1. The van der Waals surface area contributed by atoms with Gasteiger partial charge in [-0.25, -0.2) is 4.79 Å². The number of aromatic nitrogens is 2. The minimum Gasteiger partial charge on any atom is -0.497 e. The standard InChI is InChI=1S/C20H22N4O3S2/c1-4-16-9-17(19(25)27-3)18(29-16)23-20(28)22-14-10-21-24(12-14)11-13-6-5-7-15(8-13)26-2/h5-10,12H,4,11H2,1-3H3,(H2,22,23,28). The SMILES string of the molecule is CCc1cc(C(=O)OC)c(NC(=S)Nc2cnn(Cc3cccc(OC)c3)c2)s1. The second-order valence-corrected chi connectivity index (χ2v) is 7.70. The lowest BCUT2D eigenvalue weighted by Gasteiger charge is -2.08. The summed E-state index contributed by atoms with van der Waals surface area (Å²) in [7, 11) is 3.01. The van der Waals surface area contributed by atoms with Gasteiger partial charge in [-0.3, -0.25) is 4.68 Å². The van der Waals surface area contributed by atoms with E-state index in [-0.39, 0.29) is 0 Å². The van der Waals surface area contributed by atoms with E-state index in [2.05, 4.69) is 15.7 Å². The lowest BCUT2D eigenvalue weighted by molar-refractivity contribution is 0.0602. The van der Waals surface area contributed by atoms with E-state index in [1.807, 2.05) is 43.5 Å². The fourth-order valence-corrected chi connectivity index (χ4v) is 3.98. The summed E-state index contributed by atoms with van der Waals surface area (Å²) in [6.45, 7) is 2.64. The number of methoxy groups -OCH3 is 2. The Balaban J connectivity index is 1.65. The molecule has 0 spiro atoms. The minimum atomic E-state index is -0.391. The molecule has 0 aliphatic rings. The van der Waals surface area contributed by atoms with Crippen molar-refractivity contribution in [3.8, 4) is 5.75 Å². The average Bonchev–Trinajstić information content (AvgIpc) is 3.34. The largest absolute Gasteiger partial charge is 0.497 e. The molecule has 1 aromatic carbocycles. The Morgan fingerprint density at radius 3 is 2.83 bits per heavy atom. The molecular weight excluding hydrogens is 408 g/mol. The van der Waals surface area contributed by atoms with E-state index in [1.165, 1.54) is 18.4 Å². The molecule has 0 fully saturated rings. The van der Waals surface area contributed by atoms with Crippen LogP contribution in [0.1, 0.15) is 27.7 Å². The molecule has 29 heavy (non-hydrogen) atoms.